The van der Waals surface area contributed by atoms with Gasteiger partial charge >= 0.3 is 0 Å². The third-order valence-electron chi connectivity index (χ3n) is 5.24. The normalized spacial score (nSPS) is 25.2. The van der Waals surface area contributed by atoms with Gasteiger partial charge in [-0.3, -0.25) is 9.69 Å². The Morgan fingerprint density at radius 1 is 1.36 bits per heavy atom. The molecular weight excluding hydrogens is 320 g/mol. The molecule has 2 atom stereocenters. The maximum Gasteiger partial charge on any atom is 0.220 e. The first-order chi connectivity index (χ1) is 12.1. The maximum atomic E-state index is 11.5. The molecule has 2 fully saturated rings. The lowest BCUT2D eigenvalue weighted by atomic mass is 9.91. The monoisotopic (exact) mass is 348 g/mol. The Balaban J connectivity index is 1.60. The van der Waals surface area contributed by atoms with E-state index in [-0.39, 0.29) is 18.1 Å². The lowest BCUT2D eigenvalue weighted by molar-refractivity contribution is -0.120. The van der Waals surface area contributed by atoms with Crippen molar-refractivity contribution >= 4 is 5.91 Å². The molecular formula is C18H28N4O3. The Hall–Kier alpha value is -1.57. The zero-order valence-electron chi connectivity index (χ0n) is 15.1. The molecule has 2 saturated heterocycles. The lowest BCUT2D eigenvalue weighted by Gasteiger charge is -2.36. The zero-order chi connectivity index (χ0) is 17.8. The van der Waals surface area contributed by atoms with Crippen molar-refractivity contribution in [3.05, 3.63) is 23.3 Å². The molecule has 0 saturated carbocycles. The first kappa shape index (κ1) is 18.2. The smallest absolute Gasteiger partial charge is 0.220 e. The predicted molar refractivity (Wildman–Crippen MR) is 93.3 cm³/mol. The van der Waals surface area contributed by atoms with Gasteiger partial charge in [-0.15, -0.1) is 0 Å². The quantitative estimate of drug-likeness (QED) is 0.801. The van der Waals surface area contributed by atoms with Gasteiger partial charge in [-0.1, -0.05) is 0 Å². The van der Waals surface area contributed by atoms with E-state index in [4.69, 9.17) is 4.74 Å². The van der Waals surface area contributed by atoms with Crippen LogP contribution in [0.4, 0.5) is 0 Å². The molecule has 1 aromatic rings. The minimum Gasteiger partial charge on any atom is -0.389 e. The zero-order valence-corrected chi connectivity index (χ0v) is 15.1. The van der Waals surface area contributed by atoms with Gasteiger partial charge < -0.3 is 15.2 Å². The number of aromatic nitrogens is 2. The van der Waals surface area contributed by atoms with Crippen LogP contribution in [-0.2, 0) is 16.0 Å². The Morgan fingerprint density at radius 2 is 2.12 bits per heavy atom. The van der Waals surface area contributed by atoms with Gasteiger partial charge in [0, 0.05) is 30.8 Å². The summed E-state index contributed by atoms with van der Waals surface area (Å²) < 4.78 is 5.38. The third kappa shape index (κ3) is 4.54. The van der Waals surface area contributed by atoms with Crippen LogP contribution in [-0.4, -0.2) is 71.4 Å². The van der Waals surface area contributed by atoms with Crippen LogP contribution in [0.15, 0.2) is 6.07 Å². The summed E-state index contributed by atoms with van der Waals surface area (Å²) in [5.41, 5.74) is 2.02. The number of aliphatic hydroxyl groups is 1. The standard InChI is InChI=1S/C18H28N4O3/c1-12-20-14(3-4-18(24)19-2)9-15(21-12)13-5-7-22(8-6-13)16-10-25-11-17(16)23/h9,13,16-17,23H,3-8,10-11H2,1-2H3,(H,19,24)/t16-,17-/m0/s1. The highest BCUT2D eigenvalue weighted by atomic mass is 16.5. The number of rotatable bonds is 5. The molecule has 3 heterocycles. The number of aryl methyl sites for hydroxylation is 2. The van der Waals surface area contributed by atoms with Gasteiger partial charge in [0.1, 0.15) is 5.82 Å². The van der Waals surface area contributed by atoms with Crippen LogP contribution in [0.25, 0.3) is 0 Å². The molecule has 2 N–H and O–H groups in total. The van der Waals surface area contributed by atoms with E-state index in [0.717, 1.165) is 43.1 Å². The van der Waals surface area contributed by atoms with Gasteiger partial charge in [-0.2, -0.15) is 0 Å². The SMILES string of the molecule is CNC(=O)CCc1cc(C2CCN([C@H]3COC[C@@H]3O)CC2)nc(C)n1. The lowest BCUT2D eigenvalue weighted by Crippen LogP contribution is -2.46. The van der Waals surface area contributed by atoms with Crippen LogP contribution >= 0.6 is 0 Å². The molecule has 25 heavy (non-hydrogen) atoms. The fourth-order valence-corrected chi connectivity index (χ4v) is 3.77. The molecule has 138 valence electrons. The van der Waals surface area contributed by atoms with E-state index in [1.807, 2.05) is 6.92 Å². The minimum absolute atomic E-state index is 0.0310. The second-order valence-electron chi connectivity index (χ2n) is 6.99. The highest BCUT2D eigenvalue weighted by Gasteiger charge is 2.34. The molecule has 1 aromatic heterocycles. The van der Waals surface area contributed by atoms with Gasteiger partial charge in [0.15, 0.2) is 0 Å². The van der Waals surface area contributed by atoms with Crippen molar-refractivity contribution in [1.29, 1.82) is 0 Å². The molecule has 0 aromatic carbocycles. The Bertz CT molecular complexity index is 602. The summed E-state index contributed by atoms with van der Waals surface area (Å²) >= 11 is 0. The first-order valence-electron chi connectivity index (χ1n) is 9.11. The molecule has 0 aliphatic carbocycles. The molecule has 7 heteroatoms. The van der Waals surface area contributed by atoms with Crippen LogP contribution in [0.1, 0.15) is 42.4 Å². The molecule has 2 aliphatic heterocycles. The van der Waals surface area contributed by atoms with E-state index in [2.05, 4.69) is 26.3 Å². The fraction of sp³-hybridized carbons (Fsp3) is 0.722. The van der Waals surface area contributed by atoms with Crippen molar-refractivity contribution < 1.29 is 14.6 Å². The second-order valence-corrected chi connectivity index (χ2v) is 6.99. The van der Waals surface area contributed by atoms with E-state index >= 15 is 0 Å². The molecule has 0 bridgehead atoms. The summed E-state index contributed by atoms with van der Waals surface area (Å²) in [5, 5.41) is 12.6. The van der Waals surface area contributed by atoms with Gasteiger partial charge in [-0.25, -0.2) is 9.97 Å². The van der Waals surface area contributed by atoms with Crippen molar-refractivity contribution in [3.8, 4) is 0 Å². The van der Waals surface area contributed by atoms with Gasteiger partial charge in [0.25, 0.3) is 0 Å². The van der Waals surface area contributed by atoms with Crippen molar-refractivity contribution in [2.75, 3.05) is 33.4 Å². The predicted octanol–water partition coefficient (Wildman–Crippen LogP) is 0.403. The summed E-state index contributed by atoms with van der Waals surface area (Å²) in [5.74, 6) is 1.21. The maximum absolute atomic E-state index is 11.5. The average Bonchev–Trinajstić information content (AvgIpc) is 3.05. The van der Waals surface area contributed by atoms with Crippen LogP contribution in [0.2, 0.25) is 0 Å². The molecule has 0 spiro atoms. The Labute approximate surface area is 148 Å². The number of hydrogen-bond acceptors (Lipinski definition) is 6. The molecule has 0 radical (unpaired) electrons. The Kier molecular flexibility index (Phi) is 5.98. The fourth-order valence-electron chi connectivity index (χ4n) is 3.77. The van der Waals surface area contributed by atoms with Crippen LogP contribution < -0.4 is 5.32 Å². The number of likely N-dealkylation sites (tertiary alicyclic amines) is 1. The molecule has 3 rings (SSSR count). The van der Waals surface area contributed by atoms with E-state index in [1.54, 1.807) is 7.05 Å². The van der Waals surface area contributed by atoms with Gasteiger partial charge in [0.05, 0.1) is 25.4 Å². The Morgan fingerprint density at radius 3 is 2.76 bits per heavy atom. The largest absolute Gasteiger partial charge is 0.389 e. The van der Waals surface area contributed by atoms with Crippen LogP contribution in [0.3, 0.4) is 0 Å². The number of ether oxygens (including phenoxy) is 1. The minimum atomic E-state index is -0.367. The number of carbonyl (C=O) groups is 1. The molecule has 7 nitrogen and oxygen atoms in total. The van der Waals surface area contributed by atoms with E-state index < -0.39 is 0 Å². The summed E-state index contributed by atoms with van der Waals surface area (Å²) in [6, 6.07) is 2.19. The summed E-state index contributed by atoms with van der Waals surface area (Å²) in [7, 11) is 1.65. The molecule has 2 aliphatic rings. The average molecular weight is 348 g/mol. The number of carbonyl (C=O) groups excluding carboxylic acids is 1. The van der Waals surface area contributed by atoms with Crippen molar-refractivity contribution in [1.82, 2.24) is 20.2 Å². The second kappa shape index (κ2) is 8.21. The van der Waals surface area contributed by atoms with Crippen molar-refractivity contribution in [2.24, 2.45) is 0 Å². The highest BCUT2D eigenvalue weighted by Crippen LogP contribution is 2.29. The van der Waals surface area contributed by atoms with Crippen LogP contribution in [0.5, 0.6) is 0 Å². The number of amides is 1. The highest BCUT2D eigenvalue weighted by molar-refractivity contribution is 5.75. The van der Waals surface area contributed by atoms with Gasteiger partial charge in [-0.05, 0) is 45.3 Å². The summed E-state index contributed by atoms with van der Waals surface area (Å²) in [6.45, 7) is 4.89. The first-order valence-corrected chi connectivity index (χ1v) is 9.11. The number of aliphatic hydroxyl groups excluding tert-OH is 1. The van der Waals surface area contributed by atoms with Crippen molar-refractivity contribution in [3.63, 3.8) is 0 Å². The van der Waals surface area contributed by atoms with Crippen molar-refractivity contribution in [2.45, 2.75) is 50.7 Å². The number of piperidine rings is 1. The number of hydrogen-bond donors (Lipinski definition) is 2. The molecule has 1 amide bonds. The van der Waals surface area contributed by atoms with E-state index in [9.17, 15) is 9.90 Å². The van der Waals surface area contributed by atoms with Gasteiger partial charge in [0.2, 0.25) is 5.91 Å². The molecule has 0 unspecified atom stereocenters. The number of nitrogens with one attached hydrogen (secondary N) is 1. The van der Waals surface area contributed by atoms with E-state index in [0.29, 0.717) is 32.0 Å². The topological polar surface area (TPSA) is 87.6 Å². The van der Waals surface area contributed by atoms with Crippen LogP contribution in [0, 0.1) is 6.92 Å². The number of nitrogens with zero attached hydrogens (tertiary/aromatic N) is 3. The summed E-state index contributed by atoms with van der Waals surface area (Å²) in [4.78, 5) is 22.9. The summed E-state index contributed by atoms with van der Waals surface area (Å²) in [6.07, 6.45) is 2.77. The third-order valence-corrected chi connectivity index (χ3v) is 5.24. The van der Waals surface area contributed by atoms with E-state index in [1.165, 1.54) is 0 Å².